The van der Waals surface area contributed by atoms with Gasteiger partial charge in [-0.15, -0.1) is 0 Å². The first-order valence-electron chi connectivity index (χ1n) is 7.79. The highest BCUT2D eigenvalue weighted by atomic mass is 16.6. The molecular formula is C16H32N2O2. The number of hydrogen-bond acceptors (Lipinski definition) is 3. The van der Waals surface area contributed by atoms with Gasteiger partial charge in [-0.3, -0.25) is 0 Å². The summed E-state index contributed by atoms with van der Waals surface area (Å²) in [5, 5.41) is 0. The van der Waals surface area contributed by atoms with Crippen molar-refractivity contribution in [1.82, 2.24) is 4.90 Å². The molecule has 1 atom stereocenters. The van der Waals surface area contributed by atoms with Crippen molar-refractivity contribution in [2.24, 2.45) is 17.1 Å². The van der Waals surface area contributed by atoms with Gasteiger partial charge in [0.1, 0.15) is 5.60 Å². The van der Waals surface area contributed by atoms with E-state index < -0.39 is 5.60 Å². The van der Waals surface area contributed by atoms with E-state index in [9.17, 15) is 4.79 Å². The van der Waals surface area contributed by atoms with E-state index in [2.05, 4.69) is 20.8 Å². The summed E-state index contributed by atoms with van der Waals surface area (Å²) in [6.45, 7) is 13.6. The van der Waals surface area contributed by atoms with Crippen molar-refractivity contribution < 1.29 is 9.53 Å². The third kappa shape index (κ3) is 4.65. The van der Waals surface area contributed by atoms with Gasteiger partial charge in [-0.05, 0) is 51.4 Å². The van der Waals surface area contributed by atoms with Crippen LogP contribution in [0.5, 0.6) is 0 Å². The fraction of sp³-hybridized carbons (Fsp3) is 0.938. The molecule has 1 aliphatic rings. The second kappa shape index (κ2) is 6.33. The Labute approximate surface area is 124 Å². The molecule has 1 rings (SSSR count). The van der Waals surface area contributed by atoms with Crippen molar-refractivity contribution in [2.45, 2.75) is 72.4 Å². The minimum absolute atomic E-state index is 0.109. The smallest absolute Gasteiger partial charge is 0.410 e. The molecule has 0 spiro atoms. The topological polar surface area (TPSA) is 55.6 Å². The van der Waals surface area contributed by atoms with Crippen LogP contribution in [0.3, 0.4) is 0 Å². The van der Waals surface area contributed by atoms with E-state index in [1.165, 1.54) is 0 Å². The Hall–Kier alpha value is -0.770. The zero-order valence-electron chi connectivity index (χ0n) is 14.0. The zero-order valence-corrected chi connectivity index (χ0v) is 14.0. The van der Waals surface area contributed by atoms with Crippen LogP contribution in [0.25, 0.3) is 0 Å². The van der Waals surface area contributed by atoms with Gasteiger partial charge in [0.15, 0.2) is 0 Å². The van der Waals surface area contributed by atoms with Crippen molar-refractivity contribution >= 4 is 6.09 Å². The van der Waals surface area contributed by atoms with E-state index in [0.717, 1.165) is 19.3 Å². The van der Waals surface area contributed by atoms with Gasteiger partial charge in [-0.25, -0.2) is 4.79 Å². The molecule has 0 saturated heterocycles. The Balaban J connectivity index is 2.74. The van der Waals surface area contributed by atoms with Gasteiger partial charge in [-0.2, -0.15) is 0 Å². The van der Waals surface area contributed by atoms with Crippen LogP contribution < -0.4 is 5.73 Å². The number of carbonyl (C=O) groups excluding carboxylic acids is 1. The Morgan fingerprint density at radius 1 is 1.40 bits per heavy atom. The highest BCUT2D eigenvalue weighted by Gasteiger charge is 2.43. The second-order valence-electron chi connectivity index (χ2n) is 7.81. The van der Waals surface area contributed by atoms with Crippen LogP contribution in [0, 0.1) is 11.3 Å². The van der Waals surface area contributed by atoms with Gasteiger partial charge >= 0.3 is 6.09 Å². The fourth-order valence-corrected chi connectivity index (χ4v) is 3.16. The Morgan fingerprint density at radius 2 is 1.95 bits per heavy atom. The molecule has 0 heterocycles. The third-order valence-corrected chi connectivity index (χ3v) is 3.91. The molecule has 1 amide bonds. The molecule has 4 nitrogen and oxygen atoms in total. The van der Waals surface area contributed by atoms with Crippen LogP contribution in [0.15, 0.2) is 0 Å². The Kier molecular flexibility index (Phi) is 5.47. The summed E-state index contributed by atoms with van der Waals surface area (Å²) in [7, 11) is 0. The first-order valence-corrected chi connectivity index (χ1v) is 7.79. The monoisotopic (exact) mass is 284 g/mol. The Morgan fingerprint density at radius 3 is 2.30 bits per heavy atom. The minimum Gasteiger partial charge on any atom is -0.444 e. The normalized spacial score (nSPS) is 20.1. The molecule has 20 heavy (non-hydrogen) atoms. The average molecular weight is 284 g/mol. The van der Waals surface area contributed by atoms with Crippen molar-refractivity contribution in [3.05, 3.63) is 0 Å². The second-order valence-corrected chi connectivity index (χ2v) is 7.81. The summed E-state index contributed by atoms with van der Waals surface area (Å²) in [5.74, 6) is 0.508. The van der Waals surface area contributed by atoms with Gasteiger partial charge in [0.05, 0.1) is 6.04 Å². The SMILES string of the molecule is CCCN(C(=O)OC(C)(C)C)C(CN)C1CC(C)(C)C1. The summed E-state index contributed by atoms with van der Waals surface area (Å²) >= 11 is 0. The first kappa shape index (κ1) is 17.3. The van der Waals surface area contributed by atoms with Crippen molar-refractivity contribution in [3.63, 3.8) is 0 Å². The van der Waals surface area contributed by atoms with E-state index in [4.69, 9.17) is 10.5 Å². The van der Waals surface area contributed by atoms with E-state index in [0.29, 0.717) is 24.4 Å². The molecule has 0 aromatic heterocycles. The molecular weight excluding hydrogens is 252 g/mol. The van der Waals surface area contributed by atoms with E-state index in [1.807, 2.05) is 25.7 Å². The summed E-state index contributed by atoms with van der Waals surface area (Å²) in [5.41, 5.74) is 5.89. The van der Waals surface area contributed by atoms with E-state index >= 15 is 0 Å². The first-order chi connectivity index (χ1) is 9.09. The lowest BCUT2D eigenvalue weighted by molar-refractivity contribution is -0.0160. The van der Waals surface area contributed by atoms with Crippen LogP contribution in [0.4, 0.5) is 4.79 Å². The predicted octanol–water partition coefficient (Wildman–Crippen LogP) is 3.40. The number of nitrogens with zero attached hydrogens (tertiary/aromatic N) is 1. The molecule has 0 aromatic carbocycles. The number of hydrogen-bond donors (Lipinski definition) is 1. The van der Waals surface area contributed by atoms with E-state index in [-0.39, 0.29) is 12.1 Å². The Bertz CT molecular complexity index is 326. The molecule has 0 bridgehead atoms. The van der Waals surface area contributed by atoms with Crippen LogP contribution in [-0.4, -0.2) is 35.7 Å². The predicted molar refractivity (Wildman–Crippen MR) is 82.6 cm³/mol. The van der Waals surface area contributed by atoms with Crippen LogP contribution >= 0.6 is 0 Å². The molecule has 1 saturated carbocycles. The largest absolute Gasteiger partial charge is 0.444 e. The minimum atomic E-state index is -0.457. The number of nitrogens with two attached hydrogens (primary N) is 1. The highest BCUT2D eigenvalue weighted by Crippen LogP contribution is 2.47. The zero-order chi connectivity index (χ0) is 15.6. The molecule has 118 valence electrons. The van der Waals surface area contributed by atoms with Crippen LogP contribution in [-0.2, 0) is 4.74 Å². The maximum Gasteiger partial charge on any atom is 0.410 e. The van der Waals surface area contributed by atoms with Crippen molar-refractivity contribution in [1.29, 1.82) is 0 Å². The number of carbonyl (C=O) groups is 1. The molecule has 1 aliphatic carbocycles. The van der Waals surface area contributed by atoms with Gasteiger partial charge in [0.2, 0.25) is 0 Å². The average Bonchev–Trinajstić information content (AvgIpc) is 2.23. The van der Waals surface area contributed by atoms with Gasteiger partial charge in [0, 0.05) is 13.1 Å². The van der Waals surface area contributed by atoms with Gasteiger partial charge < -0.3 is 15.4 Å². The van der Waals surface area contributed by atoms with Crippen LogP contribution in [0.2, 0.25) is 0 Å². The van der Waals surface area contributed by atoms with Crippen LogP contribution in [0.1, 0.15) is 60.8 Å². The molecule has 4 heteroatoms. The quantitative estimate of drug-likeness (QED) is 0.842. The fourth-order valence-electron chi connectivity index (χ4n) is 3.16. The number of rotatable bonds is 5. The van der Waals surface area contributed by atoms with E-state index in [1.54, 1.807) is 0 Å². The maximum atomic E-state index is 12.4. The third-order valence-electron chi connectivity index (χ3n) is 3.91. The lowest BCUT2D eigenvalue weighted by Gasteiger charge is -2.49. The lowest BCUT2D eigenvalue weighted by atomic mass is 9.62. The van der Waals surface area contributed by atoms with Crippen molar-refractivity contribution in [3.8, 4) is 0 Å². The standard InChI is InChI=1S/C16H32N2O2/c1-7-8-18(14(19)20-15(2,3)4)13(11-17)12-9-16(5,6)10-12/h12-13H,7-11,17H2,1-6H3. The molecule has 0 aliphatic heterocycles. The molecule has 0 aromatic rings. The van der Waals surface area contributed by atoms with Crippen molar-refractivity contribution in [2.75, 3.05) is 13.1 Å². The number of ether oxygens (including phenoxy) is 1. The summed E-state index contributed by atoms with van der Waals surface area (Å²) in [4.78, 5) is 14.3. The summed E-state index contributed by atoms with van der Waals surface area (Å²) in [6, 6.07) is 0.109. The summed E-state index contributed by atoms with van der Waals surface area (Å²) < 4.78 is 5.54. The molecule has 1 fully saturated rings. The summed E-state index contributed by atoms with van der Waals surface area (Å²) in [6.07, 6.45) is 2.97. The van der Waals surface area contributed by atoms with Gasteiger partial charge in [-0.1, -0.05) is 20.8 Å². The highest BCUT2D eigenvalue weighted by molar-refractivity contribution is 5.68. The lowest BCUT2D eigenvalue weighted by Crippen LogP contribution is -2.54. The molecule has 2 N–H and O–H groups in total. The van der Waals surface area contributed by atoms with Gasteiger partial charge in [0.25, 0.3) is 0 Å². The molecule has 1 unspecified atom stereocenters. The molecule has 0 radical (unpaired) electrons. The maximum absolute atomic E-state index is 12.4. The number of amides is 1.